The number of carbonyl (C=O) groups is 1. The standard InChI is InChI=1S/C8H15NO/c1-5-7(3)9(4)8(10)6-2/h3,5-6H2,1-2,4H3. The Hall–Kier alpha value is -0.790. The first-order valence-electron chi connectivity index (χ1n) is 3.57. The highest BCUT2D eigenvalue weighted by atomic mass is 16.2. The molecule has 1 amide bonds. The highest BCUT2D eigenvalue weighted by Crippen LogP contribution is 2.03. The summed E-state index contributed by atoms with van der Waals surface area (Å²) in [4.78, 5) is 12.6. The SMILES string of the molecule is C=C(CC)N(C)C(=O)CC. The van der Waals surface area contributed by atoms with Crippen molar-refractivity contribution in [3.05, 3.63) is 12.3 Å². The van der Waals surface area contributed by atoms with Crippen LogP contribution < -0.4 is 0 Å². The molecular weight excluding hydrogens is 126 g/mol. The van der Waals surface area contributed by atoms with E-state index in [0.29, 0.717) is 6.42 Å². The van der Waals surface area contributed by atoms with Crippen LogP contribution in [0, 0.1) is 0 Å². The molecule has 0 spiro atoms. The predicted octanol–water partition coefficient (Wildman–Crippen LogP) is 1.78. The lowest BCUT2D eigenvalue weighted by Crippen LogP contribution is -2.24. The largest absolute Gasteiger partial charge is 0.320 e. The van der Waals surface area contributed by atoms with Crippen LogP contribution in [0.3, 0.4) is 0 Å². The van der Waals surface area contributed by atoms with Crippen LogP contribution in [-0.4, -0.2) is 17.9 Å². The predicted molar refractivity (Wildman–Crippen MR) is 42.5 cm³/mol. The smallest absolute Gasteiger partial charge is 0.226 e. The van der Waals surface area contributed by atoms with Crippen molar-refractivity contribution >= 4 is 5.91 Å². The number of allylic oxidation sites excluding steroid dienone is 1. The van der Waals surface area contributed by atoms with Crippen LogP contribution >= 0.6 is 0 Å². The van der Waals surface area contributed by atoms with E-state index in [1.165, 1.54) is 0 Å². The summed E-state index contributed by atoms with van der Waals surface area (Å²) in [6.45, 7) is 7.58. The Kier molecular flexibility index (Phi) is 3.77. The van der Waals surface area contributed by atoms with Gasteiger partial charge in [0, 0.05) is 19.2 Å². The summed E-state index contributed by atoms with van der Waals surface area (Å²) in [5.41, 5.74) is 0.881. The van der Waals surface area contributed by atoms with Crippen LogP contribution in [0.5, 0.6) is 0 Å². The topological polar surface area (TPSA) is 20.3 Å². The molecule has 0 aromatic rings. The lowest BCUT2D eigenvalue weighted by Gasteiger charge is -2.17. The average molecular weight is 141 g/mol. The summed E-state index contributed by atoms with van der Waals surface area (Å²) in [7, 11) is 1.76. The van der Waals surface area contributed by atoms with Crippen LogP contribution in [0.15, 0.2) is 12.3 Å². The van der Waals surface area contributed by atoms with Gasteiger partial charge in [-0.25, -0.2) is 0 Å². The molecule has 0 heterocycles. The number of hydrogen-bond donors (Lipinski definition) is 0. The van der Waals surface area contributed by atoms with Gasteiger partial charge in [0.2, 0.25) is 5.91 Å². The fourth-order valence-corrected chi connectivity index (χ4v) is 0.651. The van der Waals surface area contributed by atoms with E-state index in [4.69, 9.17) is 0 Å². The fourth-order valence-electron chi connectivity index (χ4n) is 0.651. The van der Waals surface area contributed by atoms with E-state index in [0.717, 1.165) is 12.1 Å². The van der Waals surface area contributed by atoms with Gasteiger partial charge >= 0.3 is 0 Å². The van der Waals surface area contributed by atoms with E-state index in [2.05, 4.69) is 6.58 Å². The zero-order chi connectivity index (χ0) is 8.15. The number of nitrogens with zero attached hydrogens (tertiary/aromatic N) is 1. The summed E-state index contributed by atoms with van der Waals surface area (Å²) >= 11 is 0. The third-order valence-corrected chi connectivity index (χ3v) is 1.56. The summed E-state index contributed by atoms with van der Waals surface area (Å²) in [6.07, 6.45) is 1.39. The van der Waals surface area contributed by atoms with Crippen molar-refractivity contribution in [1.29, 1.82) is 0 Å². The maximum absolute atomic E-state index is 11.0. The molecule has 2 heteroatoms. The van der Waals surface area contributed by atoms with Crippen LogP contribution in [0.1, 0.15) is 26.7 Å². The first kappa shape index (κ1) is 9.21. The molecular formula is C8H15NO. The van der Waals surface area contributed by atoms with E-state index in [1.54, 1.807) is 11.9 Å². The molecule has 0 N–H and O–H groups in total. The van der Waals surface area contributed by atoms with Gasteiger partial charge in [-0.3, -0.25) is 4.79 Å². The van der Waals surface area contributed by atoms with Crippen molar-refractivity contribution in [3.63, 3.8) is 0 Å². The molecule has 0 aliphatic heterocycles. The molecule has 0 saturated carbocycles. The third-order valence-electron chi connectivity index (χ3n) is 1.56. The molecule has 0 aliphatic rings. The fraction of sp³-hybridized carbons (Fsp3) is 0.625. The second-order valence-electron chi connectivity index (χ2n) is 2.23. The van der Waals surface area contributed by atoms with Crippen molar-refractivity contribution in [3.8, 4) is 0 Å². The molecule has 0 rings (SSSR count). The number of amides is 1. The molecule has 0 unspecified atom stereocenters. The van der Waals surface area contributed by atoms with Gasteiger partial charge in [0.05, 0.1) is 0 Å². The van der Waals surface area contributed by atoms with Crippen molar-refractivity contribution in [2.75, 3.05) is 7.05 Å². The maximum atomic E-state index is 11.0. The van der Waals surface area contributed by atoms with Crippen LogP contribution in [0.25, 0.3) is 0 Å². The molecule has 58 valence electrons. The second kappa shape index (κ2) is 4.09. The molecule has 0 fully saturated rings. The van der Waals surface area contributed by atoms with Crippen molar-refractivity contribution < 1.29 is 4.79 Å². The van der Waals surface area contributed by atoms with Crippen LogP contribution in [-0.2, 0) is 4.79 Å². The van der Waals surface area contributed by atoms with Crippen LogP contribution in [0.4, 0.5) is 0 Å². The highest BCUT2D eigenvalue weighted by molar-refractivity contribution is 5.77. The third kappa shape index (κ3) is 2.21. The van der Waals surface area contributed by atoms with E-state index in [-0.39, 0.29) is 5.91 Å². The summed E-state index contributed by atoms with van der Waals surface area (Å²) < 4.78 is 0. The number of carbonyl (C=O) groups excluding carboxylic acids is 1. The van der Waals surface area contributed by atoms with E-state index < -0.39 is 0 Å². The van der Waals surface area contributed by atoms with E-state index in [9.17, 15) is 4.79 Å². The Morgan fingerprint density at radius 2 is 1.90 bits per heavy atom. The molecule has 0 aromatic heterocycles. The Morgan fingerprint density at radius 3 is 2.20 bits per heavy atom. The van der Waals surface area contributed by atoms with Crippen molar-refractivity contribution in [1.82, 2.24) is 4.90 Å². The van der Waals surface area contributed by atoms with Gasteiger partial charge in [-0.2, -0.15) is 0 Å². The van der Waals surface area contributed by atoms with Gasteiger partial charge in [0.25, 0.3) is 0 Å². The summed E-state index contributed by atoms with van der Waals surface area (Å²) in [6, 6.07) is 0. The molecule has 0 bridgehead atoms. The molecule has 0 saturated heterocycles. The van der Waals surface area contributed by atoms with Gasteiger partial charge in [-0.05, 0) is 6.42 Å². The lowest BCUT2D eigenvalue weighted by molar-refractivity contribution is -0.127. The Labute approximate surface area is 62.5 Å². The first-order chi connectivity index (χ1) is 4.63. The number of hydrogen-bond acceptors (Lipinski definition) is 1. The van der Waals surface area contributed by atoms with E-state index in [1.807, 2.05) is 13.8 Å². The van der Waals surface area contributed by atoms with Crippen molar-refractivity contribution in [2.45, 2.75) is 26.7 Å². The lowest BCUT2D eigenvalue weighted by atomic mass is 10.3. The zero-order valence-electron chi connectivity index (χ0n) is 6.98. The quantitative estimate of drug-likeness (QED) is 0.586. The summed E-state index contributed by atoms with van der Waals surface area (Å²) in [5.74, 6) is 0.131. The molecule has 2 nitrogen and oxygen atoms in total. The van der Waals surface area contributed by atoms with Crippen molar-refractivity contribution in [2.24, 2.45) is 0 Å². The zero-order valence-corrected chi connectivity index (χ0v) is 6.98. The maximum Gasteiger partial charge on any atom is 0.226 e. The minimum Gasteiger partial charge on any atom is -0.320 e. The molecule has 10 heavy (non-hydrogen) atoms. The number of rotatable bonds is 3. The van der Waals surface area contributed by atoms with Gasteiger partial charge in [0.15, 0.2) is 0 Å². The summed E-state index contributed by atoms with van der Waals surface area (Å²) in [5, 5.41) is 0. The molecule has 0 aliphatic carbocycles. The minimum atomic E-state index is 0.131. The minimum absolute atomic E-state index is 0.131. The Morgan fingerprint density at radius 1 is 1.40 bits per heavy atom. The van der Waals surface area contributed by atoms with Gasteiger partial charge < -0.3 is 4.90 Å². The average Bonchev–Trinajstić information content (AvgIpc) is 2.00. The first-order valence-corrected chi connectivity index (χ1v) is 3.57. The normalized spacial score (nSPS) is 9.10. The van der Waals surface area contributed by atoms with Gasteiger partial charge in [-0.15, -0.1) is 0 Å². The van der Waals surface area contributed by atoms with Gasteiger partial charge in [0.1, 0.15) is 0 Å². The molecule has 0 aromatic carbocycles. The highest BCUT2D eigenvalue weighted by Gasteiger charge is 2.06. The molecule has 0 radical (unpaired) electrons. The second-order valence-corrected chi connectivity index (χ2v) is 2.23. The van der Waals surface area contributed by atoms with E-state index >= 15 is 0 Å². The Bertz CT molecular complexity index is 124. The van der Waals surface area contributed by atoms with Gasteiger partial charge in [-0.1, -0.05) is 20.4 Å². The monoisotopic (exact) mass is 141 g/mol. The Balaban J connectivity index is 3.94. The molecule has 0 atom stereocenters. The van der Waals surface area contributed by atoms with Crippen LogP contribution in [0.2, 0.25) is 0 Å².